The number of aliphatic hydroxyl groups excluding tert-OH is 2. The Balaban J connectivity index is 2.22. The van der Waals surface area contributed by atoms with Crippen LogP contribution in [-0.2, 0) is 9.53 Å². The maximum atomic E-state index is 13.7. The number of phenols is 1. The van der Waals surface area contributed by atoms with Gasteiger partial charge in [0.05, 0.1) is 18.4 Å². The molecule has 7 heteroatoms. The number of aliphatic hydroxyl groups is 2. The van der Waals surface area contributed by atoms with Crippen molar-refractivity contribution in [3.63, 3.8) is 0 Å². The van der Waals surface area contributed by atoms with E-state index in [1.165, 1.54) is 18.2 Å². The molecule has 2 aromatic rings. The largest absolute Gasteiger partial charge is 0.505 e. The van der Waals surface area contributed by atoms with Gasteiger partial charge in [-0.15, -0.1) is 6.58 Å². The molecule has 0 spiro atoms. The first-order valence-corrected chi connectivity index (χ1v) is 9.63. The summed E-state index contributed by atoms with van der Waals surface area (Å²) in [5.41, 5.74) is 1.87. The number of allylic oxidation sites excluding steroid dienone is 1. The summed E-state index contributed by atoms with van der Waals surface area (Å²) in [6.07, 6.45) is 2.59. The Bertz CT molecular complexity index is 884. The first-order valence-electron chi connectivity index (χ1n) is 9.63. The number of phenolic OH excluding ortho intramolecular Hbond substituents is 1. The van der Waals surface area contributed by atoms with Crippen molar-refractivity contribution in [1.82, 2.24) is 4.98 Å². The van der Waals surface area contributed by atoms with E-state index in [0.717, 1.165) is 0 Å². The van der Waals surface area contributed by atoms with Crippen LogP contribution in [0, 0.1) is 11.7 Å². The predicted octanol–water partition coefficient (Wildman–Crippen LogP) is 3.33. The summed E-state index contributed by atoms with van der Waals surface area (Å²) in [5, 5.41) is 30.1. The van der Waals surface area contributed by atoms with Crippen molar-refractivity contribution < 1.29 is 29.2 Å². The van der Waals surface area contributed by atoms with Gasteiger partial charge in [-0.2, -0.15) is 0 Å². The second kappa shape index (κ2) is 11.2. The number of nitrogens with zero attached hydrogens (tertiary/aromatic N) is 1. The molecule has 0 fully saturated rings. The first kappa shape index (κ1) is 23.3. The molecule has 3 atom stereocenters. The van der Waals surface area contributed by atoms with Crippen molar-refractivity contribution in [1.29, 1.82) is 0 Å². The second-order valence-electron chi connectivity index (χ2n) is 6.71. The highest BCUT2D eigenvalue weighted by atomic mass is 19.1. The molecule has 160 valence electrons. The fourth-order valence-electron chi connectivity index (χ4n) is 3.02. The maximum Gasteiger partial charge on any atom is 0.335 e. The number of benzene rings is 1. The van der Waals surface area contributed by atoms with Crippen molar-refractivity contribution >= 4 is 17.6 Å². The van der Waals surface area contributed by atoms with Gasteiger partial charge in [-0.3, -0.25) is 4.98 Å². The van der Waals surface area contributed by atoms with Crippen LogP contribution in [0.4, 0.5) is 4.39 Å². The van der Waals surface area contributed by atoms with Crippen LogP contribution >= 0.6 is 0 Å². The molecule has 0 aliphatic heterocycles. The molecule has 0 saturated carbocycles. The molecule has 0 radical (unpaired) electrons. The topological polar surface area (TPSA) is 99.9 Å². The molecule has 6 nitrogen and oxygen atoms in total. The Labute approximate surface area is 175 Å². The Morgan fingerprint density at radius 3 is 2.67 bits per heavy atom. The summed E-state index contributed by atoms with van der Waals surface area (Å²) in [4.78, 5) is 16.1. The first-order chi connectivity index (χ1) is 14.4. The summed E-state index contributed by atoms with van der Waals surface area (Å²) in [6.45, 7) is 5.34. The van der Waals surface area contributed by atoms with Gasteiger partial charge in [-0.1, -0.05) is 18.2 Å². The lowest BCUT2D eigenvalue weighted by Crippen LogP contribution is -2.37. The highest BCUT2D eigenvalue weighted by Gasteiger charge is 2.30. The third-order valence-electron chi connectivity index (χ3n) is 4.63. The van der Waals surface area contributed by atoms with Gasteiger partial charge >= 0.3 is 5.97 Å². The molecule has 0 unspecified atom stereocenters. The van der Waals surface area contributed by atoms with Gasteiger partial charge < -0.3 is 20.1 Å². The van der Waals surface area contributed by atoms with Crippen LogP contribution in [0.5, 0.6) is 5.75 Å². The number of hydrogen-bond acceptors (Lipinski definition) is 6. The molecule has 1 aromatic carbocycles. The van der Waals surface area contributed by atoms with Crippen LogP contribution in [0.1, 0.15) is 31.0 Å². The van der Waals surface area contributed by atoms with Gasteiger partial charge in [0.25, 0.3) is 0 Å². The number of halogens is 1. The number of carbonyl (C=O) groups is 1. The normalized spacial score (nSPS) is 14.6. The van der Waals surface area contributed by atoms with Gasteiger partial charge in [0.15, 0.2) is 17.7 Å². The number of aromatic nitrogens is 1. The van der Waals surface area contributed by atoms with Crippen molar-refractivity contribution in [2.75, 3.05) is 6.61 Å². The summed E-state index contributed by atoms with van der Waals surface area (Å²) in [5.74, 6) is -2.90. The van der Waals surface area contributed by atoms with E-state index in [1.54, 1.807) is 43.5 Å². The lowest BCUT2D eigenvalue weighted by molar-refractivity contribution is -0.157. The number of hydrogen-bond donors (Lipinski definition) is 3. The highest BCUT2D eigenvalue weighted by Crippen LogP contribution is 2.26. The smallest absolute Gasteiger partial charge is 0.335 e. The minimum atomic E-state index is -1.52. The van der Waals surface area contributed by atoms with Crippen LogP contribution < -0.4 is 0 Å². The summed E-state index contributed by atoms with van der Waals surface area (Å²) < 4.78 is 18.5. The molecule has 2 rings (SSSR count). The van der Waals surface area contributed by atoms with Gasteiger partial charge in [-0.05, 0) is 61.2 Å². The lowest BCUT2D eigenvalue weighted by Gasteiger charge is -2.24. The Kier molecular flexibility index (Phi) is 8.70. The van der Waals surface area contributed by atoms with E-state index in [4.69, 9.17) is 4.74 Å². The number of carbonyl (C=O) groups excluding carboxylic acids is 1. The van der Waals surface area contributed by atoms with E-state index in [-0.39, 0.29) is 13.0 Å². The zero-order valence-corrected chi connectivity index (χ0v) is 16.7. The minimum Gasteiger partial charge on any atom is -0.505 e. The van der Waals surface area contributed by atoms with Crippen LogP contribution in [-0.4, -0.2) is 45.1 Å². The van der Waals surface area contributed by atoms with Crippen molar-refractivity contribution in [2.24, 2.45) is 5.92 Å². The molecule has 30 heavy (non-hydrogen) atoms. The molecule has 3 N–H and O–H groups in total. The van der Waals surface area contributed by atoms with E-state index in [9.17, 15) is 24.5 Å². The van der Waals surface area contributed by atoms with Crippen LogP contribution in [0.3, 0.4) is 0 Å². The second-order valence-corrected chi connectivity index (χ2v) is 6.71. The summed E-state index contributed by atoms with van der Waals surface area (Å²) >= 11 is 0. The summed E-state index contributed by atoms with van der Waals surface area (Å²) in [6, 6.07) is 9.38. The van der Waals surface area contributed by atoms with E-state index < -0.39 is 35.7 Å². The summed E-state index contributed by atoms with van der Waals surface area (Å²) in [7, 11) is 0. The van der Waals surface area contributed by atoms with E-state index in [1.807, 2.05) is 0 Å². The Morgan fingerprint density at radius 2 is 2.07 bits per heavy atom. The van der Waals surface area contributed by atoms with Gasteiger partial charge in [-0.25, -0.2) is 9.18 Å². The van der Waals surface area contributed by atoms with Crippen molar-refractivity contribution in [2.45, 2.75) is 32.0 Å². The SMILES string of the molecule is C=C[C@H]([C@H](O)CC/C(=C/c1ccc(O)c(F)c1)c1ccccn1)[C@H](O)C(=O)OCC. The molecule has 0 amide bonds. The zero-order chi connectivity index (χ0) is 22.1. The third-order valence-corrected chi connectivity index (χ3v) is 4.63. The molecular formula is C23H26FNO5. The molecular weight excluding hydrogens is 389 g/mol. The van der Waals surface area contributed by atoms with Crippen LogP contribution in [0.25, 0.3) is 11.6 Å². The van der Waals surface area contributed by atoms with Gasteiger partial charge in [0, 0.05) is 12.1 Å². The number of pyridine rings is 1. The van der Waals surface area contributed by atoms with Crippen LogP contribution in [0.2, 0.25) is 0 Å². The number of esters is 1. The Morgan fingerprint density at radius 1 is 1.30 bits per heavy atom. The average molecular weight is 415 g/mol. The minimum absolute atomic E-state index is 0.117. The standard InChI is InChI=1S/C23H26FNO5/c1-3-17(22(28)23(29)30-4-2)20(26)11-9-16(19-7-5-6-12-25-19)13-15-8-10-21(27)18(24)14-15/h3,5-8,10,12-14,17,20,22,26-28H,1,4,9,11H2,2H3/b16-13-/t17-,20-,22+/m1/s1. The molecule has 1 heterocycles. The fourth-order valence-corrected chi connectivity index (χ4v) is 3.02. The molecule has 0 aliphatic carbocycles. The molecule has 0 saturated heterocycles. The van der Waals surface area contributed by atoms with Crippen molar-refractivity contribution in [3.8, 4) is 5.75 Å². The predicted molar refractivity (Wildman–Crippen MR) is 112 cm³/mol. The van der Waals surface area contributed by atoms with E-state index in [0.29, 0.717) is 23.3 Å². The van der Waals surface area contributed by atoms with Crippen molar-refractivity contribution in [3.05, 3.63) is 72.3 Å². The monoisotopic (exact) mass is 415 g/mol. The van der Waals surface area contributed by atoms with Gasteiger partial charge in [0.1, 0.15) is 0 Å². The number of ether oxygens (including phenoxy) is 1. The lowest BCUT2D eigenvalue weighted by atomic mass is 9.90. The molecule has 1 aromatic heterocycles. The fraction of sp³-hybridized carbons (Fsp3) is 0.304. The zero-order valence-electron chi connectivity index (χ0n) is 16.7. The quantitative estimate of drug-likeness (QED) is 0.407. The van der Waals surface area contributed by atoms with E-state index in [2.05, 4.69) is 11.6 Å². The van der Waals surface area contributed by atoms with E-state index >= 15 is 0 Å². The molecule has 0 aliphatic rings. The maximum absolute atomic E-state index is 13.7. The highest BCUT2D eigenvalue weighted by molar-refractivity contribution is 5.80. The number of aromatic hydroxyl groups is 1. The average Bonchev–Trinajstić information content (AvgIpc) is 2.74. The Hall–Kier alpha value is -3.03. The molecule has 0 bridgehead atoms. The van der Waals surface area contributed by atoms with Gasteiger partial charge in [0.2, 0.25) is 0 Å². The third kappa shape index (κ3) is 6.23. The van der Waals surface area contributed by atoms with Crippen LogP contribution in [0.15, 0.2) is 55.3 Å². The number of rotatable bonds is 10.